The van der Waals surface area contributed by atoms with E-state index in [1.54, 1.807) is 19.0 Å². The van der Waals surface area contributed by atoms with Crippen LogP contribution < -0.4 is 10.2 Å². The fraction of sp³-hybridized carbons (Fsp3) is 0.286. The summed E-state index contributed by atoms with van der Waals surface area (Å²) in [6.45, 7) is 3.89. The number of anilines is 3. The van der Waals surface area contributed by atoms with Crippen molar-refractivity contribution >= 4 is 23.0 Å². The maximum Gasteiger partial charge on any atom is 0.353 e. The summed E-state index contributed by atoms with van der Waals surface area (Å²) in [5.41, 5.74) is 2.71. The molecule has 2 rings (SSSR count). The van der Waals surface area contributed by atoms with Crippen LogP contribution in [-0.2, 0) is 0 Å². The largest absolute Gasteiger partial charge is 0.357 e. The van der Waals surface area contributed by atoms with Gasteiger partial charge in [0.2, 0.25) is 11.6 Å². The van der Waals surface area contributed by atoms with Crippen LogP contribution in [0.3, 0.4) is 0 Å². The highest BCUT2D eigenvalue weighted by Crippen LogP contribution is 2.33. The van der Waals surface area contributed by atoms with Gasteiger partial charge in [-0.05, 0) is 31.0 Å². The van der Waals surface area contributed by atoms with E-state index in [1.807, 2.05) is 32.0 Å². The maximum absolute atomic E-state index is 11.3. The van der Waals surface area contributed by atoms with Gasteiger partial charge in [0.15, 0.2) is 0 Å². The van der Waals surface area contributed by atoms with Gasteiger partial charge in [0.1, 0.15) is 6.33 Å². The molecule has 110 valence electrons. The van der Waals surface area contributed by atoms with Crippen LogP contribution in [0, 0.1) is 24.0 Å². The Labute approximate surface area is 122 Å². The molecular weight excluding hydrogens is 270 g/mol. The molecule has 0 aliphatic rings. The van der Waals surface area contributed by atoms with Crippen LogP contribution in [0.2, 0.25) is 0 Å². The first kappa shape index (κ1) is 14.7. The molecule has 1 aromatic carbocycles. The summed E-state index contributed by atoms with van der Waals surface area (Å²) in [6, 6.07) is 5.87. The predicted molar refractivity (Wildman–Crippen MR) is 82.2 cm³/mol. The number of nitrogens with one attached hydrogen (secondary N) is 1. The molecule has 2 aromatic rings. The lowest BCUT2D eigenvalue weighted by Gasteiger charge is -2.14. The smallest absolute Gasteiger partial charge is 0.353 e. The highest BCUT2D eigenvalue weighted by atomic mass is 16.6. The minimum Gasteiger partial charge on any atom is -0.357 e. The van der Waals surface area contributed by atoms with Crippen LogP contribution in [-0.4, -0.2) is 29.0 Å². The third kappa shape index (κ3) is 3.07. The summed E-state index contributed by atoms with van der Waals surface area (Å²) in [5, 5.41) is 14.4. The summed E-state index contributed by atoms with van der Waals surface area (Å²) in [4.78, 5) is 20.5. The van der Waals surface area contributed by atoms with Gasteiger partial charge in [-0.15, -0.1) is 0 Å². The molecule has 0 amide bonds. The van der Waals surface area contributed by atoms with Crippen molar-refractivity contribution in [3.63, 3.8) is 0 Å². The van der Waals surface area contributed by atoms with Crippen molar-refractivity contribution in [1.82, 2.24) is 9.97 Å². The predicted octanol–water partition coefficient (Wildman–Crippen LogP) is 2.81. The Morgan fingerprint density at radius 3 is 2.57 bits per heavy atom. The summed E-state index contributed by atoms with van der Waals surface area (Å²) in [5.74, 6) is 0.454. The van der Waals surface area contributed by atoms with E-state index < -0.39 is 4.92 Å². The van der Waals surface area contributed by atoms with Crippen molar-refractivity contribution in [2.24, 2.45) is 0 Å². The van der Waals surface area contributed by atoms with Crippen molar-refractivity contribution in [3.8, 4) is 0 Å². The second kappa shape index (κ2) is 5.74. The number of benzene rings is 1. The average Bonchev–Trinajstić information content (AvgIpc) is 2.42. The molecule has 0 saturated carbocycles. The van der Waals surface area contributed by atoms with E-state index in [9.17, 15) is 10.1 Å². The fourth-order valence-corrected chi connectivity index (χ4v) is 1.95. The number of hydrogen-bond donors (Lipinski definition) is 1. The highest BCUT2D eigenvalue weighted by molar-refractivity contribution is 5.75. The summed E-state index contributed by atoms with van der Waals surface area (Å²) in [6.07, 6.45) is 1.32. The molecule has 0 radical (unpaired) electrons. The van der Waals surface area contributed by atoms with Gasteiger partial charge in [-0.3, -0.25) is 10.1 Å². The van der Waals surface area contributed by atoms with Crippen LogP contribution >= 0.6 is 0 Å². The fourth-order valence-electron chi connectivity index (χ4n) is 1.95. The monoisotopic (exact) mass is 287 g/mol. The van der Waals surface area contributed by atoms with E-state index in [0.717, 1.165) is 16.8 Å². The highest BCUT2D eigenvalue weighted by Gasteiger charge is 2.24. The third-order valence-corrected chi connectivity index (χ3v) is 3.06. The van der Waals surface area contributed by atoms with E-state index >= 15 is 0 Å². The van der Waals surface area contributed by atoms with E-state index in [2.05, 4.69) is 15.3 Å². The zero-order valence-electron chi connectivity index (χ0n) is 12.4. The third-order valence-electron chi connectivity index (χ3n) is 3.06. The van der Waals surface area contributed by atoms with E-state index in [0.29, 0.717) is 0 Å². The Kier molecular flexibility index (Phi) is 4.02. The summed E-state index contributed by atoms with van der Waals surface area (Å²) >= 11 is 0. The van der Waals surface area contributed by atoms with Gasteiger partial charge in [-0.1, -0.05) is 12.1 Å². The molecular formula is C14H17N5O2. The molecule has 1 N–H and O–H groups in total. The van der Waals surface area contributed by atoms with Gasteiger partial charge in [-0.2, -0.15) is 0 Å². The lowest BCUT2D eigenvalue weighted by atomic mass is 10.1. The Bertz CT molecular complexity index is 685. The van der Waals surface area contributed by atoms with Gasteiger partial charge in [0.25, 0.3) is 0 Å². The molecule has 0 atom stereocenters. The maximum atomic E-state index is 11.3. The molecule has 0 spiro atoms. The molecule has 0 unspecified atom stereocenters. The normalized spacial score (nSPS) is 10.3. The van der Waals surface area contributed by atoms with Gasteiger partial charge in [0.05, 0.1) is 4.92 Å². The minimum atomic E-state index is -0.469. The standard InChI is InChI=1S/C14H17N5O2/c1-9-5-6-10(2)11(7-9)17-13-12(19(20)21)14(18(3)4)16-8-15-13/h5-8H,1-4H3,(H,15,16,17). The lowest BCUT2D eigenvalue weighted by Crippen LogP contribution is -2.14. The van der Waals surface area contributed by atoms with Crippen molar-refractivity contribution in [3.05, 3.63) is 45.8 Å². The van der Waals surface area contributed by atoms with Crippen molar-refractivity contribution in [2.75, 3.05) is 24.3 Å². The Morgan fingerprint density at radius 2 is 1.95 bits per heavy atom. The molecule has 0 bridgehead atoms. The second-order valence-electron chi connectivity index (χ2n) is 4.99. The van der Waals surface area contributed by atoms with Crippen LogP contribution in [0.25, 0.3) is 0 Å². The minimum absolute atomic E-state index is 0.136. The first-order valence-corrected chi connectivity index (χ1v) is 6.41. The van der Waals surface area contributed by atoms with Gasteiger partial charge in [-0.25, -0.2) is 9.97 Å². The molecule has 1 aromatic heterocycles. The molecule has 0 fully saturated rings. The van der Waals surface area contributed by atoms with E-state index in [4.69, 9.17) is 0 Å². The first-order valence-electron chi connectivity index (χ1n) is 6.41. The van der Waals surface area contributed by atoms with Gasteiger partial charge < -0.3 is 10.2 Å². The quantitative estimate of drug-likeness (QED) is 0.687. The molecule has 0 saturated heterocycles. The average molecular weight is 287 g/mol. The SMILES string of the molecule is Cc1ccc(C)c(Nc2ncnc(N(C)C)c2[N+](=O)[O-])c1. The number of rotatable bonds is 4. The Hall–Kier alpha value is -2.70. The number of aryl methyl sites for hydroxylation is 2. The lowest BCUT2D eigenvalue weighted by molar-refractivity contribution is -0.383. The molecule has 1 heterocycles. The van der Waals surface area contributed by atoms with Crippen LogP contribution in [0.4, 0.5) is 23.0 Å². The first-order chi connectivity index (χ1) is 9.90. The van der Waals surface area contributed by atoms with Gasteiger partial charge in [0, 0.05) is 19.8 Å². The Balaban J connectivity index is 2.51. The molecule has 0 aliphatic heterocycles. The van der Waals surface area contributed by atoms with Crippen LogP contribution in [0.5, 0.6) is 0 Å². The van der Waals surface area contributed by atoms with Gasteiger partial charge >= 0.3 is 5.69 Å². The van der Waals surface area contributed by atoms with Crippen molar-refractivity contribution in [2.45, 2.75) is 13.8 Å². The number of nitro groups is 1. The number of nitrogens with zero attached hydrogens (tertiary/aromatic N) is 4. The molecule has 21 heavy (non-hydrogen) atoms. The number of aromatic nitrogens is 2. The van der Waals surface area contributed by atoms with E-state index in [1.165, 1.54) is 6.33 Å². The zero-order valence-corrected chi connectivity index (χ0v) is 12.4. The summed E-state index contributed by atoms with van der Waals surface area (Å²) in [7, 11) is 3.41. The number of hydrogen-bond acceptors (Lipinski definition) is 6. The van der Waals surface area contributed by atoms with E-state index in [-0.39, 0.29) is 17.3 Å². The van der Waals surface area contributed by atoms with Crippen molar-refractivity contribution < 1.29 is 4.92 Å². The topological polar surface area (TPSA) is 84.2 Å². The molecule has 0 aliphatic carbocycles. The zero-order chi connectivity index (χ0) is 15.6. The molecule has 7 nitrogen and oxygen atoms in total. The van der Waals surface area contributed by atoms with Crippen LogP contribution in [0.1, 0.15) is 11.1 Å². The van der Waals surface area contributed by atoms with Crippen molar-refractivity contribution in [1.29, 1.82) is 0 Å². The summed E-state index contributed by atoms with van der Waals surface area (Å²) < 4.78 is 0. The molecule has 7 heteroatoms. The Morgan fingerprint density at radius 1 is 1.24 bits per heavy atom. The van der Waals surface area contributed by atoms with Crippen LogP contribution in [0.15, 0.2) is 24.5 Å². The second-order valence-corrected chi connectivity index (χ2v) is 4.99.